The molecule has 0 aliphatic carbocycles. The molecule has 1 aromatic rings. The number of carbonyl (C=O) groups excluding carboxylic acids is 1. The van der Waals surface area contributed by atoms with Crippen molar-refractivity contribution in [3.8, 4) is 0 Å². The third-order valence-electron chi connectivity index (χ3n) is 2.81. The molecular formula is C15H23NO2. The minimum absolute atomic E-state index is 0.183. The van der Waals surface area contributed by atoms with Crippen LogP contribution in [0.1, 0.15) is 32.8 Å². The molecule has 3 nitrogen and oxygen atoms in total. The summed E-state index contributed by atoms with van der Waals surface area (Å²) in [6.07, 6.45) is 1.80. The number of hydrogen-bond donors (Lipinski definition) is 1. The van der Waals surface area contributed by atoms with Crippen LogP contribution in [0, 0.1) is 0 Å². The maximum absolute atomic E-state index is 11.8. The number of nitrogens with one attached hydrogen (secondary N) is 1. The minimum Gasteiger partial charge on any atom is -0.464 e. The summed E-state index contributed by atoms with van der Waals surface area (Å²) in [6, 6.07) is 10.2. The second-order valence-corrected chi connectivity index (χ2v) is 4.88. The van der Waals surface area contributed by atoms with Crippen molar-refractivity contribution in [2.45, 2.75) is 39.2 Å². The van der Waals surface area contributed by atoms with Gasteiger partial charge in [0.05, 0.1) is 6.61 Å². The summed E-state index contributed by atoms with van der Waals surface area (Å²) in [5.41, 5.74) is 0.682. The molecule has 1 aromatic carbocycles. The van der Waals surface area contributed by atoms with E-state index in [0.717, 1.165) is 19.4 Å². The quantitative estimate of drug-likeness (QED) is 0.596. The van der Waals surface area contributed by atoms with Gasteiger partial charge in [0, 0.05) is 0 Å². The van der Waals surface area contributed by atoms with Crippen LogP contribution in [0.15, 0.2) is 30.3 Å². The van der Waals surface area contributed by atoms with Crippen molar-refractivity contribution in [1.82, 2.24) is 5.32 Å². The third kappa shape index (κ3) is 4.88. The average molecular weight is 249 g/mol. The topological polar surface area (TPSA) is 38.3 Å². The molecule has 1 N–H and O–H groups in total. The fraction of sp³-hybridized carbons (Fsp3) is 0.533. The Morgan fingerprint density at radius 3 is 2.56 bits per heavy atom. The number of esters is 1. The number of ether oxygens (including phenoxy) is 1. The number of benzene rings is 1. The van der Waals surface area contributed by atoms with Crippen LogP contribution in [-0.2, 0) is 16.0 Å². The molecule has 0 amide bonds. The van der Waals surface area contributed by atoms with Gasteiger partial charge in [0.15, 0.2) is 0 Å². The van der Waals surface area contributed by atoms with Crippen molar-refractivity contribution in [2.75, 3.05) is 13.2 Å². The van der Waals surface area contributed by atoms with Crippen LogP contribution < -0.4 is 5.32 Å². The molecule has 1 rings (SSSR count). The van der Waals surface area contributed by atoms with E-state index in [-0.39, 0.29) is 5.97 Å². The smallest absolute Gasteiger partial charge is 0.325 e. The Morgan fingerprint density at radius 2 is 1.94 bits per heavy atom. The zero-order chi connectivity index (χ0) is 13.4. The predicted octanol–water partition coefficient (Wildman–Crippen LogP) is 2.55. The van der Waals surface area contributed by atoms with Gasteiger partial charge in [-0.05, 0) is 38.8 Å². The second kappa shape index (κ2) is 7.17. The molecular weight excluding hydrogens is 226 g/mol. The fourth-order valence-electron chi connectivity index (χ4n) is 1.78. The first-order chi connectivity index (χ1) is 8.56. The first-order valence-corrected chi connectivity index (χ1v) is 6.52. The lowest BCUT2D eigenvalue weighted by Crippen LogP contribution is -2.47. The van der Waals surface area contributed by atoms with Gasteiger partial charge in [-0.2, -0.15) is 0 Å². The van der Waals surface area contributed by atoms with Crippen molar-refractivity contribution < 1.29 is 9.53 Å². The highest BCUT2D eigenvalue weighted by Crippen LogP contribution is 2.07. The SMILES string of the molecule is CCNC(C)(C)C(=O)OCCCc1ccccc1. The van der Waals surface area contributed by atoms with Gasteiger partial charge in [-0.15, -0.1) is 0 Å². The number of rotatable bonds is 7. The summed E-state index contributed by atoms with van der Waals surface area (Å²) >= 11 is 0. The predicted molar refractivity (Wildman–Crippen MR) is 73.5 cm³/mol. The summed E-state index contributed by atoms with van der Waals surface area (Å²) in [5, 5.41) is 3.11. The van der Waals surface area contributed by atoms with Crippen molar-refractivity contribution in [2.24, 2.45) is 0 Å². The summed E-state index contributed by atoms with van der Waals surface area (Å²) in [6.45, 7) is 6.89. The molecule has 0 radical (unpaired) electrons. The molecule has 0 spiro atoms. The summed E-state index contributed by atoms with van der Waals surface area (Å²) in [7, 11) is 0. The Morgan fingerprint density at radius 1 is 1.28 bits per heavy atom. The molecule has 0 aliphatic rings. The Kier molecular flexibility index (Phi) is 5.86. The molecule has 0 atom stereocenters. The van der Waals surface area contributed by atoms with Gasteiger partial charge in [0.25, 0.3) is 0 Å². The number of hydrogen-bond acceptors (Lipinski definition) is 3. The zero-order valence-corrected chi connectivity index (χ0v) is 11.5. The average Bonchev–Trinajstić information content (AvgIpc) is 2.35. The monoisotopic (exact) mass is 249 g/mol. The minimum atomic E-state index is -0.596. The highest BCUT2D eigenvalue weighted by Gasteiger charge is 2.27. The van der Waals surface area contributed by atoms with Crippen LogP contribution in [0.25, 0.3) is 0 Å². The molecule has 0 fully saturated rings. The number of aryl methyl sites for hydroxylation is 1. The van der Waals surface area contributed by atoms with Crippen molar-refractivity contribution in [3.63, 3.8) is 0 Å². The Hall–Kier alpha value is -1.35. The Bertz CT molecular complexity index is 360. The van der Waals surface area contributed by atoms with Gasteiger partial charge in [0.2, 0.25) is 0 Å². The van der Waals surface area contributed by atoms with Crippen LogP contribution in [0.3, 0.4) is 0 Å². The van der Waals surface area contributed by atoms with Gasteiger partial charge in [-0.3, -0.25) is 4.79 Å². The molecule has 0 bridgehead atoms. The Labute approximate surface area is 110 Å². The van der Waals surface area contributed by atoms with Crippen molar-refractivity contribution >= 4 is 5.97 Å². The van der Waals surface area contributed by atoms with E-state index in [2.05, 4.69) is 17.4 Å². The lowest BCUT2D eigenvalue weighted by molar-refractivity contribution is -0.150. The first-order valence-electron chi connectivity index (χ1n) is 6.52. The largest absolute Gasteiger partial charge is 0.464 e. The Balaban J connectivity index is 2.24. The van der Waals surface area contributed by atoms with E-state index >= 15 is 0 Å². The van der Waals surface area contributed by atoms with E-state index in [1.807, 2.05) is 39.0 Å². The van der Waals surface area contributed by atoms with E-state index in [1.54, 1.807) is 0 Å². The molecule has 18 heavy (non-hydrogen) atoms. The molecule has 0 aromatic heterocycles. The lowest BCUT2D eigenvalue weighted by Gasteiger charge is -2.23. The van der Waals surface area contributed by atoms with Gasteiger partial charge in [0.1, 0.15) is 5.54 Å². The van der Waals surface area contributed by atoms with Crippen LogP contribution in [-0.4, -0.2) is 24.7 Å². The van der Waals surface area contributed by atoms with E-state index < -0.39 is 5.54 Å². The van der Waals surface area contributed by atoms with E-state index in [4.69, 9.17) is 4.74 Å². The van der Waals surface area contributed by atoms with Gasteiger partial charge in [-0.25, -0.2) is 0 Å². The first kappa shape index (κ1) is 14.7. The highest BCUT2D eigenvalue weighted by atomic mass is 16.5. The number of carbonyl (C=O) groups is 1. The molecule has 0 aliphatic heterocycles. The fourth-order valence-corrected chi connectivity index (χ4v) is 1.78. The number of likely N-dealkylation sites (N-methyl/N-ethyl adjacent to an activating group) is 1. The molecule has 0 heterocycles. The van der Waals surface area contributed by atoms with Crippen LogP contribution in [0.5, 0.6) is 0 Å². The maximum Gasteiger partial charge on any atom is 0.325 e. The maximum atomic E-state index is 11.8. The normalized spacial score (nSPS) is 11.3. The summed E-state index contributed by atoms with van der Waals surface area (Å²) < 4.78 is 5.28. The highest BCUT2D eigenvalue weighted by molar-refractivity contribution is 5.79. The molecule has 100 valence electrons. The molecule has 3 heteroatoms. The zero-order valence-electron chi connectivity index (χ0n) is 11.5. The molecule has 0 saturated heterocycles. The molecule has 0 unspecified atom stereocenters. The molecule has 0 saturated carbocycles. The van der Waals surface area contributed by atoms with Crippen LogP contribution in [0.4, 0.5) is 0 Å². The van der Waals surface area contributed by atoms with Gasteiger partial charge in [-0.1, -0.05) is 37.3 Å². The summed E-state index contributed by atoms with van der Waals surface area (Å²) in [4.78, 5) is 11.8. The van der Waals surface area contributed by atoms with Crippen LogP contribution >= 0.6 is 0 Å². The van der Waals surface area contributed by atoms with E-state index in [9.17, 15) is 4.79 Å². The van der Waals surface area contributed by atoms with Crippen LogP contribution in [0.2, 0.25) is 0 Å². The van der Waals surface area contributed by atoms with E-state index in [1.165, 1.54) is 5.56 Å². The van der Waals surface area contributed by atoms with E-state index in [0.29, 0.717) is 6.61 Å². The summed E-state index contributed by atoms with van der Waals surface area (Å²) in [5.74, 6) is -0.183. The lowest BCUT2D eigenvalue weighted by atomic mass is 10.1. The standard InChI is InChI=1S/C15H23NO2/c1-4-16-15(2,3)14(17)18-12-8-11-13-9-6-5-7-10-13/h5-7,9-10,16H,4,8,11-12H2,1-3H3. The second-order valence-electron chi connectivity index (χ2n) is 4.88. The third-order valence-corrected chi connectivity index (χ3v) is 2.81. The van der Waals surface area contributed by atoms with Crippen molar-refractivity contribution in [1.29, 1.82) is 0 Å². The van der Waals surface area contributed by atoms with Crippen molar-refractivity contribution in [3.05, 3.63) is 35.9 Å². The van der Waals surface area contributed by atoms with Gasteiger partial charge < -0.3 is 10.1 Å². The van der Waals surface area contributed by atoms with Gasteiger partial charge >= 0.3 is 5.97 Å².